The number of hydrogen-bond acceptors (Lipinski definition) is 5. The van der Waals surface area contributed by atoms with Crippen LogP contribution >= 0.6 is 0 Å². The molecule has 0 bridgehead atoms. The highest BCUT2D eigenvalue weighted by molar-refractivity contribution is 5.70. The molecule has 1 fully saturated rings. The van der Waals surface area contributed by atoms with Crippen molar-refractivity contribution in [1.82, 2.24) is 9.97 Å². The summed E-state index contributed by atoms with van der Waals surface area (Å²) in [6.07, 6.45) is 3.65. The van der Waals surface area contributed by atoms with Gasteiger partial charge in [0.15, 0.2) is 0 Å². The number of methoxy groups -OCH3 is 1. The number of piperidine rings is 1. The van der Waals surface area contributed by atoms with E-state index in [2.05, 4.69) is 35.3 Å². The molecule has 0 spiro atoms. The Balaban J connectivity index is 1.74. The van der Waals surface area contributed by atoms with Crippen LogP contribution in [0.3, 0.4) is 0 Å². The van der Waals surface area contributed by atoms with Gasteiger partial charge in [0.1, 0.15) is 11.6 Å². The van der Waals surface area contributed by atoms with Crippen molar-refractivity contribution >= 4 is 17.5 Å². The van der Waals surface area contributed by atoms with E-state index in [1.54, 1.807) is 7.11 Å². The van der Waals surface area contributed by atoms with Gasteiger partial charge in [-0.3, -0.25) is 0 Å². The Morgan fingerprint density at radius 2 is 1.71 bits per heavy atom. The molecular weight excluding hydrogens is 348 g/mol. The van der Waals surface area contributed by atoms with Gasteiger partial charge in [-0.1, -0.05) is 36.4 Å². The lowest BCUT2D eigenvalue weighted by molar-refractivity contribution is 0.416. The first-order valence-electron chi connectivity index (χ1n) is 9.84. The van der Waals surface area contributed by atoms with Gasteiger partial charge >= 0.3 is 0 Å². The Hall–Kier alpha value is -3.08. The number of benzene rings is 2. The van der Waals surface area contributed by atoms with Crippen LogP contribution in [0.5, 0.6) is 5.75 Å². The third kappa shape index (κ3) is 4.09. The fourth-order valence-corrected chi connectivity index (χ4v) is 3.55. The van der Waals surface area contributed by atoms with Gasteiger partial charge in [0.25, 0.3) is 0 Å². The highest BCUT2D eigenvalue weighted by Crippen LogP contribution is 2.31. The van der Waals surface area contributed by atoms with Crippen LogP contribution in [0.15, 0.2) is 54.6 Å². The molecule has 1 aliphatic rings. The van der Waals surface area contributed by atoms with Gasteiger partial charge < -0.3 is 15.0 Å². The van der Waals surface area contributed by atoms with E-state index >= 15 is 0 Å². The zero-order chi connectivity index (χ0) is 19.3. The summed E-state index contributed by atoms with van der Waals surface area (Å²) in [5, 5.41) is 3.45. The van der Waals surface area contributed by atoms with Gasteiger partial charge in [0, 0.05) is 24.7 Å². The van der Waals surface area contributed by atoms with Gasteiger partial charge in [-0.2, -0.15) is 4.98 Å². The molecule has 144 valence electrons. The predicted octanol–water partition coefficient (Wildman–Crippen LogP) is 5.19. The summed E-state index contributed by atoms with van der Waals surface area (Å²) in [6.45, 7) is 4.08. The van der Waals surface area contributed by atoms with Crippen molar-refractivity contribution in [1.29, 1.82) is 0 Å². The van der Waals surface area contributed by atoms with E-state index in [0.717, 1.165) is 53.1 Å². The molecule has 0 atom stereocenters. The number of aromatic nitrogens is 2. The van der Waals surface area contributed by atoms with Crippen molar-refractivity contribution < 1.29 is 4.74 Å². The Labute approximate surface area is 166 Å². The lowest BCUT2D eigenvalue weighted by atomic mass is 10.1. The molecule has 1 N–H and O–H groups in total. The number of hydrogen-bond donors (Lipinski definition) is 1. The number of anilines is 3. The topological polar surface area (TPSA) is 50.3 Å². The predicted molar refractivity (Wildman–Crippen MR) is 115 cm³/mol. The molecule has 0 radical (unpaired) electrons. The van der Waals surface area contributed by atoms with E-state index in [1.165, 1.54) is 19.3 Å². The third-order valence-electron chi connectivity index (χ3n) is 5.04. The van der Waals surface area contributed by atoms with E-state index < -0.39 is 0 Å². The minimum Gasteiger partial charge on any atom is -0.495 e. The van der Waals surface area contributed by atoms with Crippen LogP contribution in [0, 0.1) is 6.92 Å². The summed E-state index contributed by atoms with van der Waals surface area (Å²) < 4.78 is 5.52. The molecule has 1 aromatic heterocycles. The maximum absolute atomic E-state index is 5.52. The summed E-state index contributed by atoms with van der Waals surface area (Å²) in [5.74, 6) is 2.36. The smallest absolute Gasteiger partial charge is 0.227 e. The molecule has 0 amide bonds. The first kappa shape index (κ1) is 18.3. The van der Waals surface area contributed by atoms with Crippen molar-refractivity contribution in [3.05, 3.63) is 60.2 Å². The molecule has 0 aliphatic carbocycles. The van der Waals surface area contributed by atoms with Crippen molar-refractivity contribution in [2.45, 2.75) is 26.2 Å². The molecule has 4 rings (SSSR count). The largest absolute Gasteiger partial charge is 0.495 e. The Morgan fingerprint density at radius 3 is 2.46 bits per heavy atom. The zero-order valence-corrected chi connectivity index (χ0v) is 16.5. The Bertz CT molecular complexity index is 937. The fraction of sp³-hybridized carbons (Fsp3) is 0.304. The van der Waals surface area contributed by atoms with Crippen molar-refractivity contribution in [3.8, 4) is 17.0 Å². The normalized spacial score (nSPS) is 14.0. The second kappa shape index (κ2) is 8.30. The molecule has 1 aliphatic heterocycles. The molecule has 0 saturated carbocycles. The van der Waals surface area contributed by atoms with Gasteiger partial charge in [-0.15, -0.1) is 0 Å². The van der Waals surface area contributed by atoms with Crippen LogP contribution in [-0.4, -0.2) is 30.2 Å². The minimum absolute atomic E-state index is 0.776. The average molecular weight is 374 g/mol. The first-order valence-corrected chi connectivity index (χ1v) is 9.84. The van der Waals surface area contributed by atoms with Crippen LogP contribution in [0.4, 0.5) is 17.5 Å². The van der Waals surface area contributed by atoms with Crippen LogP contribution in [0.1, 0.15) is 24.8 Å². The first-order chi connectivity index (χ1) is 13.7. The molecular formula is C23H26N4O. The maximum atomic E-state index is 5.52. The third-order valence-corrected chi connectivity index (χ3v) is 5.04. The molecule has 5 nitrogen and oxygen atoms in total. The monoisotopic (exact) mass is 374 g/mol. The molecule has 5 heteroatoms. The molecule has 3 aromatic rings. The molecule has 2 aromatic carbocycles. The van der Waals surface area contributed by atoms with Crippen molar-refractivity contribution in [3.63, 3.8) is 0 Å². The van der Waals surface area contributed by atoms with Crippen LogP contribution in [-0.2, 0) is 0 Å². The summed E-state index contributed by atoms with van der Waals surface area (Å²) in [7, 11) is 1.68. The second-order valence-corrected chi connectivity index (χ2v) is 7.18. The maximum Gasteiger partial charge on any atom is 0.227 e. The van der Waals surface area contributed by atoms with Gasteiger partial charge in [0.2, 0.25) is 5.95 Å². The van der Waals surface area contributed by atoms with Crippen LogP contribution < -0.4 is 15.0 Å². The summed E-state index contributed by atoms with van der Waals surface area (Å²) in [4.78, 5) is 12.0. The Kier molecular flexibility index (Phi) is 5.42. The number of rotatable bonds is 5. The van der Waals surface area contributed by atoms with E-state index in [0.29, 0.717) is 0 Å². The van der Waals surface area contributed by atoms with E-state index in [-0.39, 0.29) is 0 Å². The van der Waals surface area contributed by atoms with E-state index in [1.807, 2.05) is 36.4 Å². The van der Waals surface area contributed by atoms with E-state index in [9.17, 15) is 0 Å². The van der Waals surface area contributed by atoms with E-state index in [4.69, 9.17) is 14.7 Å². The standard InChI is InChI=1S/C23H26N4O/c1-17-11-12-21(28-2)20(15-17)24-22-16-19(18-9-5-3-6-10-18)25-23(26-22)27-13-7-4-8-14-27/h3,5-6,9-12,15-16H,4,7-8,13-14H2,1-2H3,(H,24,25,26). The van der Waals surface area contributed by atoms with Gasteiger partial charge in [-0.25, -0.2) is 4.98 Å². The Morgan fingerprint density at radius 1 is 0.929 bits per heavy atom. The highest BCUT2D eigenvalue weighted by atomic mass is 16.5. The molecule has 0 unspecified atom stereocenters. The van der Waals surface area contributed by atoms with Gasteiger partial charge in [0.05, 0.1) is 18.5 Å². The SMILES string of the molecule is COc1ccc(C)cc1Nc1cc(-c2ccccc2)nc(N2CCCCC2)n1. The number of nitrogens with one attached hydrogen (secondary N) is 1. The number of ether oxygens (including phenoxy) is 1. The minimum atomic E-state index is 0.776. The average Bonchev–Trinajstić information content (AvgIpc) is 2.75. The molecule has 28 heavy (non-hydrogen) atoms. The van der Waals surface area contributed by atoms with Crippen LogP contribution in [0.2, 0.25) is 0 Å². The molecule has 2 heterocycles. The zero-order valence-electron chi connectivity index (χ0n) is 16.5. The second-order valence-electron chi connectivity index (χ2n) is 7.18. The summed E-state index contributed by atoms with van der Waals surface area (Å²) >= 11 is 0. The summed E-state index contributed by atoms with van der Waals surface area (Å²) in [5.41, 5.74) is 4.08. The van der Waals surface area contributed by atoms with Crippen LogP contribution in [0.25, 0.3) is 11.3 Å². The summed E-state index contributed by atoms with van der Waals surface area (Å²) in [6, 6.07) is 18.4. The lowest BCUT2D eigenvalue weighted by Gasteiger charge is -2.27. The van der Waals surface area contributed by atoms with Crippen molar-refractivity contribution in [2.75, 3.05) is 30.4 Å². The fourth-order valence-electron chi connectivity index (χ4n) is 3.55. The van der Waals surface area contributed by atoms with Gasteiger partial charge in [-0.05, 0) is 43.9 Å². The molecule has 1 saturated heterocycles. The number of nitrogens with zero attached hydrogens (tertiary/aromatic N) is 3. The highest BCUT2D eigenvalue weighted by Gasteiger charge is 2.16. The van der Waals surface area contributed by atoms with Crippen molar-refractivity contribution in [2.24, 2.45) is 0 Å². The number of aryl methyl sites for hydroxylation is 1. The quantitative estimate of drug-likeness (QED) is 0.666. The lowest BCUT2D eigenvalue weighted by Crippen LogP contribution is -2.31.